The molecule has 1 fully saturated rings. The lowest BCUT2D eigenvalue weighted by Gasteiger charge is -2.16. The van der Waals surface area contributed by atoms with Gasteiger partial charge in [-0.25, -0.2) is 0 Å². The highest BCUT2D eigenvalue weighted by molar-refractivity contribution is 6.30. The molecule has 1 aromatic rings. The van der Waals surface area contributed by atoms with Crippen LogP contribution in [0.25, 0.3) is 0 Å². The third-order valence-electron chi connectivity index (χ3n) is 3.92. The minimum absolute atomic E-state index is 0.353. The molecular weight excluding hydrogens is 232 g/mol. The van der Waals surface area contributed by atoms with Crippen LogP contribution in [-0.4, -0.2) is 5.11 Å². The van der Waals surface area contributed by atoms with Crippen LogP contribution in [0.15, 0.2) is 18.2 Å². The second kappa shape index (κ2) is 5.88. The monoisotopic (exact) mass is 252 g/mol. The van der Waals surface area contributed by atoms with E-state index in [9.17, 15) is 5.11 Å². The molecule has 0 radical (unpaired) electrons. The Morgan fingerprint density at radius 2 is 2.06 bits per heavy atom. The number of hydrogen-bond donors (Lipinski definition) is 1. The molecule has 1 unspecified atom stereocenters. The van der Waals surface area contributed by atoms with Crippen LogP contribution in [0.5, 0.6) is 0 Å². The van der Waals surface area contributed by atoms with Gasteiger partial charge < -0.3 is 5.11 Å². The Morgan fingerprint density at radius 1 is 1.35 bits per heavy atom. The minimum Gasteiger partial charge on any atom is -0.388 e. The first-order valence-electron chi connectivity index (χ1n) is 6.61. The van der Waals surface area contributed by atoms with E-state index in [1.54, 1.807) is 0 Å². The quantitative estimate of drug-likeness (QED) is 0.827. The number of aliphatic hydroxyl groups excluding tert-OH is 1. The molecule has 94 valence electrons. The van der Waals surface area contributed by atoms with Crippen molar-refractivity contribution in [1.82, 2.24) is 0 Å². The van der Waals surface area contributed by atoms with Gasteiger partial charge in [-0.15, -0.1) is 0 Å². The zero-order valence-electron chi connectivity index (χ0n) is 10.5. The van der Waals surface area contributed by atoms with Crippen LogP contribution >= 0.6 is 11.6 Å². The Morgan fingerprint density at radius 3 is 2.76 bits per heavy atom. The van der Waals surface area contributed by atoms with Gasteiger partial charge in [-0.1, -0.05) is 43.4 Å². The van der Waals surface area contributed by atoms with Gasteiger partial charge in [0.1, 0.15) is 0 Å². The summed E-state index contributed by atoms with van der Waals surface area (Å²) in [4.78, 5) is 0. The average Bonchev–Trinajstić information content (AvgIpc) is 2.82. The molecular formula is C15H21ClO. The third-order valence-corrected chi connectivity index (χ3v) is 4.16. The topological polar surface area (TPSA) is 20.2 Å². The first-order chi connectivity index (χ1) is 8.16. The van der Waals surface area contributed by atoms with E-state index in [0.29, 0.717) is 5.02 Å². The van der Waals surface area contributed by atoms with Gasteiger partial charge >= 0.3 is 0 Å². The highest BCUT2D eigenvalue weighted by atomic mass is 35.5. The van der Waals surface area contributed by atoms with E-state index >= 15 is 0 Å². The second-order valence-corrected chi connectivity index (χ2v) is 5.68. The van der Waals surface area contributed by atoms with Crippen molar-refractivity contribution in [2.45, 2.75) is 51.6 Å². The van der Waals surface area contributed by atoms with Gasteiger partial charge in [0.15, 0.2) is 0 Å². The molecule has 2 rings (SSSR count). The van der Waals surface area contributed by atoms with Crippen molar-refractivity contribution in [1.29, 1.82) is 0 Å². The summed E-state index contributed by atoms with van der Waals surface area (Å²) in [5.41, 5.74) is 2.13. The van der Waals surface area contributed by atoms with E-state index in [1.165, 1.54) is 25.7 Å². The van der Waals surface area contributed by atoms with Crippen molar-refractivity contribution in [3.05, 3.63) is 34.3 Å². The van der Waals surface area contributed by atoms with Crippen LogP contribution in [0, 0.1) is 12.8 Å². The van der Waals surface area contributed by atoms with Gasteiger partial charge in [-0.05, 0) is 48.9 Å². The van der Waals surface area contributed by atoms with Gasteiger partial charge in [0, 0.05) is 5.02 Å². The minimum atomic E-state index is -0.353. The average molecular weight is 253 g/mol. The number of rotatable bonds is 4. The Balaban J connectivity index is 1.93. The number of aryl methyl sites for hydroxylation is 1. The summed E-state index contributed by atoms with van der Waals surface area (Å²) in [6, 6.07) is 5.76. The predicted octanol–water partition coefficient (Wildman–Crippen LogP) is 4.65. The third kappa shape index (κ3) is 3.46. The lowest BCUT2D eigenvalue weighted by atomic mass is 9.94. The van der Waals surface area contributed by atoms with Crippen LogP contribution < -0.4 is 0 Å². The van der Waals surface area contributed by atoms with E-state index in [-0.39, 0.29) is 6.10 Å². The molecule has 1 nitrogen and oxygen atoms in total. The summed E-state index contributed by atoms with van der Waals surface area (Å²) in [5.74, 6) is 0.837. The number of benzene rings is 1. The molecule has 1 aliphatic carbocycles. The maximum absolute atomic E-state index is 10.2. The zero-order chi connectivity index (χ0) is 12.3. The largest absolute Gasteiger partial charge is 0.388 e. The van der Waals surface area contributed by atoms with Crippen LogP contribution in [0.4, 0.5) is 0 Å². The van der Waals surface area contributed by atoms with Gasteiger partial charge in [0.2, 0.25) is 0 Å². The van der Waals surface area contributed by atoms with E-state index in [0.717, 1.165) is 29.9 Å². The summed E-state index contributed by atoms with van der Waals surface area (Å²) in [6.07, 6.45) is 7.10. The lowest BCUT2D eigenvalue weighted by Crippen LogP contribution is -2.03. The fourth-order valence-corrected chi connectivity index (χ4v) is 3.00. The molecule has 0 aromatic heterocycles. The first-order valence-corrected chi connectivity index (χ1v) is 6.98. The maximum atomic E-state index is 10.2. The van der Waals surface area contributed by atoms with Crippen molar-refractivity contribution in [2.75, 3.05) is 0 Å². The zero-order valence-corrected chi connectivity index (χ0v) is 11.2. The summed E-state index contributed by atoms with van der Waals surface area (Å²) >= 11 is 5.98. The molecule has 1 aromatic carbocycles. The summed E-state index contributed by atoms with van der Waals surface area (Å²) < 4.78 is 0. The molecule has 2 heteroatoms. The molecule has 1 atom stereocenters. The molecule has 1 aliphatic rings. The van der Waals surface area contributed by atoms with E-state index in [1.807, 2.05) is 25.1 Å². The molecule has 0 bridgehead atoms. The van der Waals surface area contributed by atoms with Crippen LogP contribution in [0.3, 0.4) is 0 Å². The normalized spacial score (nSPS) is 18.5. The number of halogens is 1. The fourth-order valence-electron chi connectivity index (χ4n) is 2.82. The predicted molar refractivity (Wildman–Crippen MR) is 72.3 cm³/mol. The highest BCUT2D eigenvalue weighted by Gasteiger charge is 2.18. The standard InChI is InChI=1S/C15H21ClO/c1-11-6-8-13(16)10-14(11)15(17)9-7-12-4-2-3-5-12/h6,8,10,12,15,17H,2-5,7,9H2,1H3. The SMILES string of the molecule is Cc1ccc(Cl)cc1C(O)CCC1CCCC1. The highest BCUT2D eigenvalue weighted by Crippen LogP contribution is 2.32. The van der Waals surface area contributed by atoms with Crippen molar-refractivity contribution in [3.63, 3.8) is 0 Å². The molecule has 0 spiro atoms. The second-order valence-electron chi connectivity index (χ2n) is 5.24. The van der Waals surface area contributed by atoms with Gasteiger partial charge in [0.05, 0.1) is 6.10 Å². The Labute approximate surface area is 109 Å². The number of aliphatic hydroxyl groups is 1. The fraction of sp³-hybridized carbons (Fsp3) is 0.600. The molecule has 0 amide bonds. The Bertz CT molecular complexity index is 369. The van der Waals surface area contributed by atoms with Gasteiger partial charge in [-0.2, -0.15) is 0 Å². The maximum Gasteiger partial charge on any atom is 0.0793 e. The summed E-state index contributed by atoms with van der Waals surface area (Å²) in [5, 5.41) is 10.9. The Kier molecular flexibility index (Phi) is 4.47. The van der Waals surface area contributed by atoms with Gasteiger partial charge in [0.25, 0.3) is 0 Å². The molecule has 0 aliphatic heterocycles. The summed E-state index contributed by atoms with van der Waals surface area (Å²) in [7, 11) is 0. The van der Waals surface area contributed by atoms with Crippen molar-refractivity contribution >= 4 is 11.6 Å². The van der Waals surface area contributed by atoms with Crippen LogP contribution in [0.2, 0.25) is 5.02 Å². The first kappa shape index (κ1) is 12.9. The van der Waals surface area contributed by atoms with Crippen LogP contribution in [-0.2, 0) is 0 Å². The number of hydrogen-bond acceptors (Lipinski definition) is 1. The molecule has 1 saturated carbocycles. The van der Waals surface area contributed by atoms with Crippen molar-refractivity contribution < 1.29 is 5.11 Å². The lowest BCUT2D eigenvalue weighted by molar-refractivity contribution is 0.156. The molecule has 0 heterocycles. The van der Waals surface area contributed by atoms with E-state index in [4.69, 9.17) is 11.6 Å². The van der Waals surface area contributed by atoms with Gasteiger partial charge in [-0.3, -0.25) is 0 Å². The summed E-state index contributed by atoms with van der Waals surface area (Å²) in [6.45, 7) is 2.03. The molecule has 1 N–H and O–H groups in total. The van der Waals surface area contributed by atoms with Crippen LogP contribution in [0.1, 0.15) is 55.8 Å². The molecule has 17 heavy (non-hydrogen) atoms. The van der Waals surface area contributed by atoms with Crippen molar-refractivity contribution in [3.8, 4) is 0 Å². The molecule has 0 saturated heterocycles. The van der Waals surface area contributed by atoms with E-state index in [2.05, 4.69) is 0 Å². The van der Waals surface area contributed by atoms with Crippen molar-refractivity contribution in [2.24, 2.45) is 5.92 Å². The Hall–Kier alpha value is -0.530. The van der Waals surface area contributed by atoms with E-state index < -0.39 is 0 Å². The smallest absolute Gasteiger partial charge is 0.0793 e.